The summed E-state index contributed by atoms with van der Waals surface area (Å²) in [4.78, 5) is 4.65. The molecule has 2 aromatic heterocycles. The van der Waals surface area contributed by atoms with E-state index >= 15 is 0 Å². The molecule has 0 fully saturated rings. The molecule has 6 nitrogen and oxygen atoms in total. The Bertz CT molecular complexity index is 1910. The summed E-state index contributed by atoms with van der Waals surface area (Å²) >= 11 is 0. The van der Waals surface area contributed by atoms with Gasteiger partial charge in [0.25, 0.3) is 0 Å². The first-order valence-electron chi connectivity index (χ1n) is 13.7. The second kappa shape index (κ2) is 11.6. The van der Waals surface area contributed by atoms with Gasteiger partial charge in [-0.3, -0.25) is 4.98 Å². The fourth-order valence-electron chi connectivity index (χ4n) is 5.09. The lowest BCUT2D eigenvalue weighted by Gasteiger charge is -2.12. The number of nitrogens with one attached hydrogen (secondary N) is 2. The maximum Gasteiger partial charge on any atom is 0.148 e. The van der Waals surface area contributed by atoms with Gasteiger partial charge in [0.05, 0.1) is 11.3 Å². The molecular formula is C34H32N4O2S. The number of pyridine rings is 1. The van der Waals surface area contributed by atoms with Crippen LogP contribution in [0.5, 0.6) is 0 Å². The van der Waals surface area contributed by atoms with Crippen LogP contribution in [-0.2, 0) is 22.9 Å². The van der Waals surface area contributed by atoms with Gasteiger partial charge in [0.2, 0.25) is 0 Å². The van der Waals surface area contributed by atoms with Crippen molar-refractivity contribution in [1.29, 1.82) is 0 Å². The average molecular weight is 561 g/mol. The predicted molar refractivity (Wildman–Crippen MR) is 169 cm³/mol. The first kappa shape index (κ1) is 26.7. The van der Waals surface area contributed by atoms with Gasteiger partial charge < -0.3 is 15.2 Å². The lowest BCUT2D eigenvalue weighted by Crippen LogP contribution is -2.21. The number of anilines is 2. The first-order valence-corrected chi connectivity index (χ1v) is 15.7. The minimum Gasteiger partial charge on any atom is -0.355 e. The van der Waals surface area contributed by atoms with Gasteiger partial charge in [0.1, 0.15) is 9.84 Å². The molecule has 0 spiro atoms. The minimum absolute atomic E-state index is 0.142. The maximum atomic E-state index is 11.3. The van der Waals surface area contributed by atoms with Crippen LogP contribution in [0.25, 0.3) is 32.9 Å². The standard InChI is InChI=1S/C34H32N4O2S/c1-41(39,40)20-18-35-23-25-7-9-27(10-8-25)28-11-13-31-32(15-17-36-33(31)22-28)37-30-12-14-34-29(21-30)16-19-38(34)24-26-5-3-2-4-6-26/h2-17,19,21-22,35H,18,20,23-24H2,1H3,(H,36,37). The molecule has 4 aromatic carbocycles. The Hall–Kier alpha value is -4.46. The molecule has 7 heteroatoms. The van der Waals surface area contributed by atoms with E-state index in [0.29, 0.717) is 13.1 Å². The largest absolute Gasteiger partial charge is 0.355 e. The Balaban J connectivity index is 1.16. The summed E-state index contributed by atoms with van der Waals surface area (Å²) < 4.78 is 24.9. The Labute approximate surface area is 240 Å². The number of rotatable bonds is 10. The number of sulfone groups is 1. The van der Waals surface area contributed by atoms with E-state index in [9.17, 15) is 8.42 Å². The molecule has 0 aliphatic carbocycles. The highest BCUT2D eigenvalue weighted by molar-refractivity contribution is 7.90. The Morgan fingerprint density at radius 1 is 0.805 bits per heavy atom. The molecule has 0 unspecified atom stereocenters. The Morgan fingerprint density at radius 3 is 2.41 bits per heavy atom. The molecular weight excluding hydrogens is 528 g/mol. The maximum absolute atomic E-state index is 11.3. The zero-order chi connectivity index (χ0) is 28.2. The molecule has 0 saturated carbocycles. The van der Waals surface area contributed by atoms with Gasteiger partial charge in [-0.15, -0.1) is 0 Å². The molecule has 0 radical (unpaired) electrons. The average Bonchev–Trinajstić information content (AvgIpc) is 3.37. The third kappa shape index (κ3) is 6.48. The van der Waals surface area contributed by atoms with Crippen molar-refractivity contribution in [3.63, 3.8) is 0 Å². The molecule has 0 aliphatic heterocycles. The molecule has 2 N–H and O–H groups in total. The first-order chi connectivity index (χ1) is 19.9. The van der Waals surface area contributed by atoms with E-state index in [1.807, 2.05) is 18.3 Å². The Morgan fingerprint density at radius 2 is 1.61 bits per heavy atom. The number of hydrogen-bond donors (Lipinski definition) is 2. The molecule has 0 amide bonds. The van der Waals surface area contributed by atoms with Crippen molar-refractivity contribution in [2.24, 2.45) is 0 Å². The fourth-order valence-corrected chi connectivity index (χ4v) is 5.61. The van der Waals surface area contributed by atoms with Gasteiger partial charge in [-0.1, -0.05) is 66.7 Å². The molecule has 0 bridgehead atoms. The van der Waals surface area contributed by atoms with Crippen LogP contribution in [0.2, 0.25) is 0 Å². The molecule has 41 heavy (non-hydrogen) atoms. The van der Waals surface area contributed by atoms with Crippen LogP contribution in [0.4, 0.5) is 11.4 Å². The van der Waals surface area contributed by atoms with E-state index in [4.69, 9.17) is 0 Å². The zero-order valence-electron chi connectivity index (χ0n) is 22.9. The summed E-state index contributed by atoms with van der Waals surface area (Å²) in [5.41, 5.74) is 8.78. The summed E-state index contributed by atoms with van der Waals surface area (Å²) in [6.07, 6.45) is 5.24. The van der Waals surface area contributed by atoms with Crippen molar-refractivity contribution in [3.05, 3.63) is 127 Å². The van der Waals surface area contributed by atoms with Gasteiger partial charge in [0, 0.05) is 65.9 Å². The van der Waals surface area contributed by atoms with Crippen LogP contribution in [0.3, 0.4) is 0 Å². The molecule has 0 aliphatic rings. The topological polar surface area (TPSA) is 76.0 Å². The number of hydrogen-bond acceptors (Lipinski definition) is 5. The minimum atomic E-state index is -2.95. The van der Waals surface area contributed by atoms with Crippen LogP contribution in [0.15, 0.2) is 116 Å². The predicted octanol–water partition coefficient (Wildman–Crippen LogP) is 6.78. The second-order valence-corrected chi connectivity index (χ2v) is 12.7. The smallest absolute Gasteiger partial charge is 0.148 e. The van der Waals surface area contributed by atoms with Crippen molar-refractivity contribution in [3.8, 4) is 11.1 Å². The van der Waals surface area contributed by atoms with Crippen molar-refractivity contribution in [2.45, 2.75) is 13.1 Å². The highest BCUT2D eigenvalue weighted by Gasteiger charge is 2.08. The van der Waals surface area contributed by atoms with Gasteiger partial charge in [-0.05, 0) is 58.7 Å². The second-order valence-electron chi connectivity index (χ2n) is 10.4. The summed E-state index contributed by atoms with van der Waals surface area (Å²) in [5, 5.41) is 9.05. The molecule has 6 aromatic rings. The summed E-state index contributed by atoms with van der Waals surface area (Å²) in [6, 6.07) is 35.9. The third-order valence-electron chi connectivity index (χ3n) is 7.25. The fraction of sp³-hybridized carbons (Fsp3) is 0.147. The van der Waals surface area contributed by atoms with Gasteiger partial charge in [-0.2, -0.15) is 0 Å². The van der Waals surface area contributed by atoms with Crippen LogP contribution in [-0.4, -0.2) is 36.5 Å². The van der Waals surface area contributed by atoms with Gasteiger partial charge in [-0.25, -0.2) is 8.42 Å². The highest BCUT2D eigenvalue weighted by Crippen LogP contribution is 2.31. The normalized spacial score (nSPS) is 11.7. The zero-order valence-corrected chi connectivity index (χ0v) is 23.7. The van der Waals surface area contributed by atoms with E-state index in [-0.39, 0.29) is 5.75 Å². The van der Waals surface area contributed by atoms with Crippen molar-refractivity contribution in [1.82, 2.24) is 14.9 Å². The lowest BCUT2D eigenvalue weighted by molar-refractivity contribution is 0.596. The van der Waals surface area contributed by atoms with Gasteiger partial charge >= 0.3 is 0 Å². The Kier molecular flexibility index (Phi) is 7.55. The van der Waals surface area contributed by atoms with Crippen LogP contribution in [0, 0.1) is 0 Å². The number of nitrogens with zero attached hydrogens (tertiary/aromatic N) is 2. The lowest BCUT2D eigenvalue weighted by atomic mass is 10.0. The number of aromatic nitrogens is 2. The van der Waals surface area contributed by atoms with E-state index in [1.54, 1.807) is 0 Å². The van der Waals surface area contributed by atoms with Crippen LogP contribution >= 0.6 is 0 Å². The van der Waals surface area contributed by atoms with E-state index in [0.717, 1.165) is 45.5 Å². The SMILES string of the molecule is CS(=O)(=O)CCNCc1ccc(-c2ccc3c(Nc4ccc5c(ccn5Cc5ccccc5)c4)ccnc3c2)cc1. The molecule has 6 rings (SSSR count). The molecule has 206 valence electrons. The summed E-state index contributed by atoms with van der Waals surface area (Å²) in [7, 11) is -2.95. The number of fused-ring (bicyclic) bond motifs is 2. The van der Waals surface area contributed by atoms with E-state index in [1.165, 1.54) is 22.7 Å². The monoisotopic (exact) mass is 560 g/mol. The van der Waals surface area contributed by atoms with Crippen LogP contribution < -0.4 is 10.6 Å². The van der Waals surface area contributed by atoms with Crippen LogP contribution in [0.1, 0.15) is 11.1 Å². The summed E-state index contributed by atoms with van der Waals surface area (Å²) in [5.74, 6) is 0.142. The highest BCUT2D eigenvalue weighted by atomic mass is 32.2. The van der Waals surface area contributed by atoms with E-state index in [2.05, 4.69) is 117 Å². The molecule has 2 heterocycles. The van der Waals surface area contributed by atoms with Gasteiger partial charge in [0.15, 0.2) is 0 Å². The van der Waals surface area contributed by atoms with Crippen molar-refractivity contribution in [2.75, 3.05) is 23.9 Å². The quantitative estimate of drug-likeness (QED) is 0.181. The summed E-state index contributed by atoms with van der Waals surface area (Å²) in [6.45, 7) is 1.93. The molecule has 0 atom stereocenters. The van der Waals surface area contributed by atoms with E-state index < -0.39 is 9.84 Å². The molecule has 0 saturated heterocycles. The van der Waals surface area contributed by atoms with Crippen molar-refractivity contribution >= 4 is 43.0 Å². The van der Waals surface area contributed by atoms with Crippen molar-refractivity contribution < 1.29 is 8.42 Å². The third-order valence-corrected chi connectivity index (χ3v) is 8.20. The number of benzene rings is 4.